The van der Waals surface area contributed by atoms with E-state index in [0.717, 1.165) is 12.3 Å². The number of hydrogen-bond acceptors (Lipinski definition) is 1. The minimum atomic E-state index is 0.0723. The topological polar surface area (TPSA) is 20.2 Å². The van der Waals surface area contributed by atoms with E-state index in [2.05, 4.69) is 0 Å². The second kappa shape index (κ2) is 2.54. The Hall–Kier alpha value is -0.0400. The van der Waals surface area contributed by atoms with Gasteiger partial charge in [-0.3, -0.25) is 0 Å². The second-order valence-corrected chi connectivity index (χ2v) is 3.85. The maximum absolute atomic E-state index is 9.37. The fourth-order valence-electron chi connectivity index (χ4n) is 2.44. The summed E-state index contributed by atoms with van der Waals surface area (Å²) in [6.07, 6.45) is 8.04. The van der Waals surface area contributed by atoms with Gasteiger partial charge in [-0.2, -0.15) is 0 Å². The van der Waals surface area contributed by atoms with Crippen LogP contribution in [0.25, 0.3) is 0 Å². The van der Waals surface area contributed by atoms with Crippen LogP contribution in [-0.4, -0.2) is 11.2 Å². The van der Waals surface area contributed by atoms with Gasteiger partial charge in [-0.25, -0.2) is 0 Å². The number of rotatable bonds is 1. The molecule has 0 bridgehead atoms. The highest BCUT2D eigenvalue weighted by Crippen LogP contribution is 2.41. The van der Waals surface area contributed by atoms with Crippen molar-refractivity contribution in [2.24, 2.45) is 11.8 Å². The van der Waals surface area contributed by atoms with Crippen LogP contribution < -0.4 is 0 Å². The Labute approximate surface area is 62.4 Å². The van der Waals surface area contributed by atoms with Gasteiger partial charge in [0.25, 0.3) is 0 Å². The quantitative estimate of drug-likeness (QED) is 0.590. The molecule has 0 aromatic rings. The Balaban J connectivity index is 1.86. The molecule has 2 atom stereocenters. The minimum Gasteiger partial charge on any atom is -0.393 e. The molecule has 2 aliphatic rings. The smallest absolute Gasteiger partial charge is 0.0571 e. The maximum atomic E-state index is 9.37. The first-order valence-corrected chi connectivity index (χ1v) is 4.56. The summed E-state index contributed by atoms with van der Waals surface area (Å²) in [6.45, 7) is 0. The van der Waals surface area contributed by atoms with Gasteiger partial charge in [-0.1, -0.05) is 25.7 Å². The lowest BCUT2D eigenvalue weighted by Gasteiger charge is -2.37. The first-order valence-electron chi connectivity index (χ1n) is 4.56. The van der Waals surface area contributed by atoms with E-state index in [9.17, 15) is 5.11 Å². The molecule has 2 saturated carbocycles. The van der Waals surface area contributed by atoms with Crippen molar-refractivity contribution < 1.29 is 5.11 Å². The Morgan fingerprint density at radius 1 is 0.900 bits per heavy atom. The SMILES string of the molecule is OC1CCC1C1CCCC1. The Bertz CT molecular complexity index is 116. The van der Waals surface area contributed by atoms with E-state index in [1.807, 2.05) is 0 Å². The molecule has 2 unspecified atom stereocenters. The molecule has 0 amide bonds. The lowest BCUT2D eigenvalue weighted by Crippen LogP contribution is -2.35. The van der Waals surface area contributed by atoms with Gasteiger partial charge >= 0.3 is 0 Å². The van der Waals surface area contributed by atoms with Crippen molar-refractivity contribution in [3.8, 4) is 0 Å². The van der Waals surface area contributed by atoms with E-state index in [1.54, 1.807) is 0 Å². The van der Waals surface area contributed by atoms with Crippen molar-refractivity contribution in [2.45, 2.75) is 44.6 Å². The standard InChI is InChI=1S/C9H16O/c10-9-6-5-8(9)7-3-1-2-4-7/h7-10H,1-6H2. The Kier molecular flexibility index (Phi) is 1.69. The first kappa shape index (κ1) is 6.66. The predicted octanol–water partition coefficient (Wildman–Crippen LogP) is 1.95. The molecule has 2 aliphatic carbocycles. The third kappa shape index (κ3) is 0.968. The molecular formula is C9H16O. The molecular weight excluding hydrogens is 124 g/mol. The van der Waals surface area contributed by atoms with E-state index in [-0.39, 0.29) is 6.10 Å². The average Bonchev–Trinajstić information content (AvgIpc) is 2.37. The highest BCUT2D eigenvalue weighted by molar-refractivity contribution is 4.87. The van der Waals surface area contributed by atoms with Gasteiger partial charge in [0.05, 0.1) is 6.10 Å². The van der Waals surface area contributed by atoms with Gasteiger partial charge in [-0.05, 0) is 24.7 Å². The molecule has 1 N–H and O–H groups in total. The number of aliphatic hydroxyl groups excluding tert-OH is 1. The third-order valence-electron chi connectivity index (χ3n) is 3.30. The van der Waals surface area contributed by atoms with Crippen LogP contribution in [0.15, 0.2) is 0 Å². The van der Waals surface area contributed by atoms with Crippen molar-refractivity contribution >= 4 is 0 Å². The summed E-state index contributed by atoms with van der Waals surface area (Å²) in [5, 5.41) is 9.37. The minimum absolute atomic E-state index is 0.0723. The summed E-state index contributed by atoms with van der Waals surface area (Å²) < 4.78 is 0. The van der Waals surface area contributed by atoms with Crippen LogP contribution in [0.4, 0.5) is 0 Å². The summed E-state index contributed by atoms with van der Waals surface area (Å²) in [5.74, 6) is 1.59. The van der Waals surface area contributed by atoms with Crippen LogP contribution in [0.2, 0.25) is 0 Å². The summed E-state index contributed by atoms with van der Waals surface area (Å²) in [5.41, 5.74) is 0. The Morgan fingerprint density at radius 2 is 1.60 bits per heavy atom. The molecule has 1 heteroatoms. The van der Waals surface area contributed by atoms with Crippen LogP contribution >= 0.6 is 0 Å². The van der Waals surface area contributed by atoms with E-state index >= 15 is 0 Å². The summed E-state index contributed by atoms with van der Waals surface area (Å²) in [7, 11) is 0. The molecule has 0 heterocycles. The predicted molar refractivity (Wildman–Crippen MR) is 40.7 cm³/mol. The van der Waals surface area contributed by atoms with Crippen LogP contribution in [0.3, 0.4) is 0 Å². The van der Waals surface area contributed by atoms with Crippen molar-refractivity contribution in [3.63, 3.8) is 0 Å². The van der Waals surface area contributed by atoms with Gasteiger partial charge in [0.15, 0.2) is 0 Å². The zero-order chi connectivity index (χ0) is 6.97. The van der Waals surface area contributed by atoms with Gasteiger partial charge in [0.2, 0.25) is 0 Å². The van der Waals surface area contributed by atoms with Crippen LogP contribution in [0.5, 0.6) is 0 Å². The van der Waals surface area contributed by atoms with Crippen molar-refractivity contribution in [1.29, 1.82) is 0 Å². The van der Waals surface area contributed by atoms with Crippen LogP contribution in [0, 0.1) is 11.8 Å². The maximum Gasteiger partial charge on any atom is 0.0571 e. The highest BCUT2D eigenvalue weighted by Gasteiger charge is 2.36. The largest absolute Gasteiger partial charge is 0.393 e. The summed E-state index contributed by atoms with van der Waals surface area (Å²) in [6, 6.07) is 0. The highest BCUT2D eigenvalue weighted by atomic mass is 16.3. The molecule has 0 saturated heterocycles. The van der Waals surface area contributed by atoms with Crippen molar-refractivity contribution in [1.82, 2.24) is 0 Å². The molecule has 0 aromatic heterocycles. The van der Waals surface area contributed by atoms with Gasteiger partial charge in [0.1, 0.15) is 0 Å². The van der Waals surface area contributed by atoms with Gasteiger partial charge < -0.3 is 5.11 Å². The molecule has 1 nitrogen and oxygen atoms in total. The fourth-order valence-corrected chi connectivity index (χ4v) is 2.44. The van der Waals surface area contributed by atoms with E-state index in [1.165, 1.54) is 32.1 Å². The lowest BCUT2D eigenvalue weighted by molar-refractivity contribution is -0.00837. The van der Waals surface area contributed by atoms with Crippen molar-refractivity contribution in [2.75, 3.05) is 0 Å². The van der Waals surface area contributed by atoms with Crippen LogP contribution in [0.1, 0.15) is 38.5 Å². The summed E-state index contributed by atoms with van der Waals surface area (Å²) >= 11 is 0. The van der Waals surface area contributed by atoms with Gasteiger partial charge in [-0.15, -0.1) is 0 Å². The average molecular weight is 140 g/mol. The van der Waals surface area contributed by atoms with E-state index < -0.39 is 0 Å². The molecule has 0 spiro atoms. The van der Waals surface area contributed by atoms with Crippen molar-refractivity contribution in [3.05, 3.63) is 0 Å². The molecule has 0 aliphatic heterocycles. The molecule has 0 radical (unpaired) electrons. The first-order chi connectivity index (χ1) is 4.88. The molecule has 2 fully saturated rings. The monoisotopic (exact) mass is 140 g/mol. The normalized spacial score (nSPS) is 41.7. The zero-order valence-corrected chi connectivity index (χ0v) is 6.42. The zero-order valence-electron chi connectivity index (χ0n) is 6.42. The summed E-state index contributed by atoms with van der Waals surface area (Å²) in [4.78, 5) is 0. The molecule has 0 aromatic carbocycles. The molecule has 58 valence electrons. The lowest BCUT2D eigenvalue weighted by atomic mass is 9.73. The van der Waals surface area contributed by atoms with E-state index in [0.29, 0.717) is 5.92 Å². The number of hydrogen-bond donors (Lipinski definition) is 1. The number of aliphatic hydroxyl groups is 1. The third-order valence-corrected chi connectivity index (χ3v) is 3.30. The Morgan fingerprint density at radius 3 is 2.00 bits per heavy atom. The van der Waals surface area contributed by atoms with Gasteiger partial charge in [0, 0.05) is 0 Å². The molecule has 10 heavy (non-hydrogen) atoms. The van der Waals surface area contributed by atoms with E-state index in [4.69, 9.17) is 0 Å². The molecule has 2 rings (SSSR count). The second-order valence-electron chi connectivity index (χ2n) is 3.85. The van der Waals surface area contributed by atoms with Crippen LogP contribution in [-0.2, 0) is 0 Å². The fraction of sp³-hybridized carbons (Fsp3) is 1.00.